The summed E-state index contributed by atoms with van der Waals surface area (Å²) < 4.78 is 24.4. The molecule has 0 amide bonds. The number of benzene rings is 2. The summed E-state index contributed by atoms with van der Waals surface area (Å²) in [5.74, 6) is -1.01. The lowest BCUT2D eigenvalue weighted by molar-refractivity contribution is 0.432. The Kier molecular flexibility index (Phi) is 3.24. The number of phenolic OH excluding ortho intramolecular Hbond substituents is 1. The Morgan fingerprint density at radius 1 is 1.06 bits per heavy atom. The van der Waals surface area contributed by atoms with Gasteiger partial charge in [0.25, 0.3) is 0 Å². The van der Waals surface area contributed by atoms with E-state index < -0.39 is 16.6 Å². The predicted molar refractivity (Wildman–Crippen MR) is 65.8 cm³/mol. The predicted octanol–water partition coefficient (Wildman–Crippen LogP) is 2.94. The molecule has 0 saturated carbocycles. The van der Waals surface area contributed by atoms with E-state index in [0.29, 0.717) is 5.56 Å². The van der Waals surface area contributed by atoms with E-state index >= 15 is 0 Å². The van der Waals surface area contributed by atoms with Crippen molar-refractivity contribution in [3.63, 3.8) is 0 Å². The molecule has 4 heteroatoms. The first-order valence-electron chi connectivity index (χ1n) is 5.00. The van der Waals surface area contributed by atoms with Gasteiger partial charge in [-0.3, -0.25) is 4.21 Å². The van der Waals surface area contributed by atoms with Crippen LogP contribution >= 0.6 is 0 Å². The van der Waals surface area contributed by atoms with E-state index in [1.165, 1.54) is 12.1 Å². The highest BCUT2D eigenvalue weighted by atomic mass is 32.2. The Balaban J connectivity index is 2.39. The highest BCUT2D eigenvalue weighted by Gasteiger charge is 2.04. The molecule has 88 valence electrons. The van der Waals surface area contributed by atoms with Crippen molar-refractivity contribution >= 4 is 10.8 Å². The van der Waals surface area contributed by atoms with E-state index in [4.69, 9.17) is 5.11 Å². The van der Waals surface area contributed by atoms with Crippen molar-refractivity contribution in [2.45, 2.75) is 4.90 Å². The minimum atomic E-state index is -1.02. The third-order valence-electron chi connectivity index (χ3n) is 2.47. The fourth-order valence-electron chi connectivity index (χ4n) is 1.53. The van der Waals surface area contributed by atoms with Gasteiger partial charge >= 0.3 is 0 Å². The molecule has 0 aliphatic carbocycles. The lowest BCUT2D eigenvalue weighted by atomic mass is 10.1. The first-order valence-corrected chi connectivity index (χ1v) is 6.56. The van der Waals surface area contributed by atoms with Gasteiger partial charge in [-0.2, -0.15) is 0 Å². The second-order valence-electron chi connectivity index (χ2n) is 3.64. The van der Waals surface area contributed by atoms with Gasteiger partial charge in [0.2, 0.25) is 0 Å². The van der Waals surface area contributed by atoms with Crippen LogP contribution in [0.3, 0.4) is 0 Å². The number of hydrogen-bond acceptors (Lipinski definition) is 2. The van der Waals surface area contributed by atoms with E-state index in [0.717, 1.165) is 10.5 Å². The number of aromatic hydroxyl groups is 1. The first kappa shape index (κ1) is 11.8. The quantitative estimate of drug-likeness (QED) is 0.889. The third-order valence-corrected chi connectivity index (χ3v) is 3.40. The summed E-state index contributed by atoms with van der Waals surface area (Å²) in [7, 11) is -1.02. The van der Waals surface area contributed by atoms with Crippen LogP contribution in [0, 0.1) is 5.82 Å². The van der Waals surface area contributed by atoms with Crippen LogP contribution in [0.5, 0.6) is 5.75 Å². The van der Waals surface area contributed by atoms with E-state index in [2.05, 4.69) is 0 Å². The average molecular weight is 250 g/mol. The van der Waals surface area contributed by atoms with Gasteiger partial charge in [-0.15, -0.1) is 0 Å². The molecule has 0 saturated heterocycles. The molecule has 1 N–H and O–H groups in total. The van der Waals surface area contributed by atoms with Crippen molar-refractivity contribution in [1.29, 1.82) is 0 Å². The third kappa shape index (κ3) is 2.53. The molecular weight excluding hydrogens is 239 g/mol. The van der Waals surface area contributed by atoms with Crippen LogP contribution in [0.1, 0.15) is 0 Å². The number of hydrogen-bond donors (Lipinski definition) is 1. The number of halogens is 1. The summed E-state index contributed by atoms with van der Waals surface area (Å²) in [6.07, 6.45) is 1.61. The molecule has 2 rings (SSSR count). The Morgan fingerprint density at radius 2 is 1.65 bits per heavy atom. The molecule has 0 radical (unpaired) electrons. The minimum Gasteiger partial charge on any atom is -0.505 e. The van der Waals surface area contributed by atoms with Crippen LogP contribution in [-0.2, 0) is 10.8 Å². The van der Waals surface area contributed by atoms with E-state index in [9.17, 15) is 8.60 Å². The molecule has 1 unspecified atom stereocenters. The van der Waals surface area contributed by atoms with Crippen molar-refractivity contribution < 1.29 is 13.7 Å². The molecule has 17 heavy (non-hydrogen) atoms. The second kappa shape index (κ2) is 4.67. The van der Waals surface area contributed by atoms with Crippen LogP contribution in [0.15, 0.2) is 47.4 Å². The maximum absolute atomic E-state index is 13.2. The normalized spacial score (nSPS) is 12.4. The van der Waals surface area contributed by atoms with E-state index in [-0.39, 0.29) is 5.75 Å². The fraction of sp³-hybridized carbons (Fsp3) is 0.0769. The van der Waals surface area contributed by atoms with Gasteiger partial charge in [-0.1, -0.05) is 18.2 Å². The lowest BCUT2D eigenvalue weighted by Gasteiger charge is -2.04. The summed E-state index contributed by atoms with van der Waals surface area (Å²) in [6.45, 7) is 0. The topological polar surface area (TPSA) is 37.3 Å². The van der Waals surface area contributed by atoms with Gasteiger partial charge in [0.15, 0.2) is 11.6 Å². The summed E-state index contributed by atoms with van der Waals surface area (Å²) in [5.41, 5.74) is 1.49. The monoisotopic (exact) mass is 250 g/mol. The smallest absolute Gasteiger partial charge is 0.165 e. The van der Waals surface area contributed by atoms with Crippen molar-refractivity contribution in [1.82, 2.24) is 0 Å². The zero-order valence-corrected chi connectivity index (χ0v) is 10.00. The molecule has 1 atom stereocenters. The standard InChI is InChI=1S/C13H11FO2S/c1-17(16)11-5-2-9(3-6-11)10-4-7-13(15)12(14)8-10/h2-8,15H,1H3. The molecule has 0 spiro atoms. The molecule has 0 aliphatic rings. The molecular formula is C13H11FO2S. The molecule has 0 aromatic heterocycles. The van der Waals surface area contributed by atoms with Crippen LogP contribution < -0.4 is 0 Å². The van der Waals surface area contributed by atoms with Crippen LogP contribution in [0.2, 0.25) is 0 Å². The molecule has 0 aliphatic heterocycles. The van der Waals surface area contributed by atoms with Gasteiger partial charge < -0.3 is 5.11 Å². The second-order valence-corrected chi connectivity index (χ2v) is 5.02. The van der Waals surface area contributed by atoms with Crippen LogP contribution in [-0.4, -0.2) is 15.6 Å². The van der Waals surface area contributed by atoms with Gasteiger partial charge in [0, 0.05) is 22.0 Å². The highest BCUT2D eigenvalue weighted by molar-refractivity contribution is 7.84. The van der Waals surface area contributed by atoms with Crippen molar-refractivity contribution in [2.24, 2.45) is 0 Å². The first-order chi connectivity index (χ1) is 8.08. The van der Waals surface area contributed by atoms with Gasteiger partial charge in [0.1, 0.15) is 0 Å². The van der Waals surface area contributed by atoms with E-state index in [1.807, 2.05) is 0 Å². The molecule has 2 nitrogen and oxygen atoms in total. The largest absolute Gasteiger partial charge is 0.505 e. The molecule has 0 heterocycles. The molecule has 0 fully saturated rings. The summed E-state index contributed by atoms with van der Waals surface area (Å²) in [4.78, 5) is 0.730. The van der Waals surface area contributed by atoms with Gasteiger partial charge in [-0.25, -0.2) is 4.39 Å². The Labute approximate surface area is 101 Å². The Hall–Kier alpha value is -1.68. The minimum absolute atomic E-state index is 0.361. The highest BCUT2D eigenvalue weighted by Crippen LogP contribution is 2.25. The van der Waals surface area contributed by atoms with Gasteiger partial charge in [-0.05, 0) is 35.4 Å². The van der Waals surface area contributed by atoms with Gasteiger partial charge in [0.05, 0.1) is 0 Å². The Bertz CT molecular complexity index is 564. The SMILES string of the molecule is CS(=O)c1ccc(-c2ccc(O)c(F)c2)cc1. The van der Waals surface area contributed by atoms with Crippen LogP contribution in [0.25, 0.3) is 11.1 Å². The van der Waals surface area contributed by atoms with E-state index in [1.54, 1.807) is 36.6 Å². The molecule has 2 aromatic carbocycles. The fourth-order valence-corrected chi connectivity index (χ4v) is 2.04. The molecule has 0 bridgehead atoms. The Morgan fingerprint density at radius 3 is 2.18 bits per heavy atom. The molecule has 2 aromatic rings. The maximum Gasteiger partial charge on any atom is 0.165 e. The van der Waals surface area contributed by atoms with Crippen molar-refractivity contribution in [3.05, 3.63) is 48.3 Å². The average Bonchev–Trinajstić information content (AvgIpc) is 2.33. The van der Waals surface area contributed by atoms with Crippen LogP contribution in [0.4, 0.5) is 4.39 Å². The zero-order valence-electron chi connectivity index (χ0n) is 9.18. The summed E-state index contributed by atoms with van der Waals surface area (Å²) in [6, 6.07) is 11.3. The summed E-state index contributed by atoms with van der Waals surface area (Å²) >= 11 is 0. The zero-order chi connectivity index (χ0) is 12.4. The number of phenols is 1. The summed E-state index contributed by atoms with van der Waals surface area (Å²) in [5, 5.41) is 9.09. The number of rotatable bonds is 2. The maximum atomic E-state index is 13.2. The lowest BCUT2D eigenvalue weighted by Crippen LogP contribution is -1.87. The van der Waals surface area contributed by atoms with Crippen molar-refractivity contribution in [3.8, 4) is 16.9 Å². The van der Waals surface area contributed by atoms with Crippen molar-refractivity contribution in [2.75, 3.05) is 6.26 Å².